The van der Waals surface area contributed by atoms with E-state index in [1.165, 1.54) is 0 Å². The molecule has 1 aromatic heterocycles. The number of H-pyrrole nitrogens is 2. The monoisotopic (exact) mass is 218 g/mol. The van der Waals surface area contributed by atoms with Crippen LogP contribution < -0.4 is 5.56 Å². The van der Waals surface area contributed by atoms with Crippen molar-refractivity contribution in [1.29, 1.82) is 0 Å². The number of aromatic nitrogens is 2. The number of carbonyl (C=O) groups excluding carboxylic acids is 1. The molecule has 5 nitrogen and oxygen atoms in total. The smallest absolute Gasteiger partial charge is 0.358 e. The highest BCUT2D eigenvalue weighted by molar-refractivity contribution is 7.71. The van der Waals surface area contributed by atoms with Gasteiger partial charge in [-0.05, 0) is 19.1 Å². The van der Waals surface area contributed by atoms with Crippen LogP contribution in [0.15, 0.2) is 4.79 Å². The summed E-state index contributed by atoms with van der Waals surface area (Å²) >= 11 is 4.56. The number of carbonyl (C=O) groups is 1. The van der Waals surface area contributed by atoms with E-state index in [0.717, 1.165) is 0 Å². The zero-order chi connectivity index (χ0) is 10.7. The van der Waals surface area contributed by atoms with E-state index in [1.807, 2.05) is 4.98 Å². The second kappa shape index (κ2) is 4.14. The first-order chi connectivity index (χ1) is 6.56. The molecule has 1 rings (SSSR count). The SMILES string of the molecule is CCOC(=O)c1[nH]c(=S)[nH]c(=O)c1F. The molecule has 0 atom stereocenters. The van der Waals surface area contributed by atoms with Crippen molar-refractivity contribution >= 4 is 18.2 Å². The standard InChI is InChI=1S/C7H7FN2O3S/c1-2-13-6(12)4-3(8)5(11)10-7(14)9-4/h2H2,1H3,(H2,9,10,11,14). The molecule has 1 aromatic rings. The Morgan fingerprint density at radius 3 is 2.79 bits per heavy atom. The van der Waals surface area contributed by atoms with Gasteiger partial charge >= 0.3 is 5.97 Å². The first kappa shape index (κ1) is 10.6. The van der Waals surface area contributed by atoms with Crippen molar-refractivity contribution in [3.05, 3.63) is 26.6 Å². The first-order valence-electron chi connectivity index (χ1n) is 3.75. The van der Waals surface area contributed by atoms with Crippen molar-refractivity contribution in [3.63, 3.8) is 0 Å². The number of hydrogen-bond donors (Lipinski definition) is 2. The maximum atomic E-state index is 13.0. The van der Waals surface area contributed by atoms with Gasteiger partial charge in [0.1, 0.15) is 0 Å². The fraction of sp³-hybridized carbons (Fsp3) is 0.286. The lowest BCUT2D eigenvalue weighted by Gasteiger charge is -2.01. The number of halogens is 1. The van der Waals surface area contributed by atoms with Crippen LogP contribution in [0, 0.1) is 10.6 Å². The van der Waals surface area contributed by atoms with Crippen LogP contribution in [0.25, 0.3) is 0 Å². The molecule has 76 valence electrons. The third kappa shape index (κ3) is 2.05. The molecule has 0 aromatic carbocycles. The number of ether oxygens (including phenoxy) is 1. The molecule has 0 amide bonds. The molecule has 0 spiro atoms. The van der Waals surface area contributed by atoms with Crippen molar-refractivity contribution < 1.29 is 13.9 Å². The Bertz CT molecular complexity index is 465. The molecule has 14 heavy (non-hydrogen) atoms. The van der Waals surface area contributed by atoms with Gasteiger partial charge in [0, 0.05) is 0 Å². The maximum absolute atomic E-state index is 13.0. The lowest BCUT2D eigenvalue weighted by Crippen LogP contribution is -2.20. The molecule has 0 aliphatic rings. The van der Waals surface area contributed by atoms with E-state index in [0.29, 0.717) is 0 Å². The Hall–Kier alpha value is -1.50. The van der Waals surface area contributed by atoms with Gasteiger partial charge in [-0.25, -0.2) is 4.79 Å². The summed E-state index contributed by atoms with van der Waals surface area (Å²) in [6, 6.07) is 0. The lowest BCUT2D eigenvalue weighted by molar-refractivity contribution is 0.0512. The second-order valence-electron chi connectivity index (χ2n) is 2.32. The fourth-order valence-corrected chi connectivity index (χ4v) is 1.01. The van der Waals surface area contributed by atoms with Crippen LogP contribution in [-0.2, 0) is 4.74 Å². The molecule has 0 aliphatic carbocycles. The highest BCUT2D eigenvalue weighted by Crippen LogP contribution is 1.99. The van der Waals surface area contributed by atoms with Crippen LogP contribution >= 0.6 is 12.2 Å². The third-order valence-corrected chi connectivity index (χ3v) is 1.57. The van der Waals surface area contributed by atoms with Crippen molar-refractivity contribution in [2.45, 2.75) is 6.92 Å². The summed E-state index contributed by atoms with van der Waals surface area (Å²) in [6.07, 6.45) is 0. The molecule has 0 saturated carbocycles. The number of aromatic amines is 2. The van der Waals surface area contributed by atoms with Gasteiger partial charge in [-0.15, -0.1) is 0 Å². The van der Waals surface area contributed by atoms with Crippen LogP contribution in [0.1, 0.15) is 17.4 Å². The first-order valence-corrected chi connectivity index (χ1v) is 4.16. The minimum absolute atomic E-state index is 0.0890. The molecule has 2 N–H and O–H groups in total. The molecule has 0 radical (unpaired) electrons. The highest BCUT2D eigenvalue weighted by atomic mass is 32.1. The highest BCUT2D eigenvalue weighted by Gasteiger charge is 2.16. The average Bonchev–Trinajstić information content (AvgIpc) is 2.11. The van der Waals surface area contributed by atoms with E-state index in [-0.39, 0.29) is 11.4 Å². The van der Waals surface area contributed by atoms with Crippen molar-refractivity contribution in [2.75, 3.05) is 6.61 Å². The number of rotatable bonds is 2. The molecule has 0 aliphatic heterocycles. The Kier molecular flexibility index (Phi) is 3.13. The fourth-order valence-electron chi connectivity index (χ4n) is 0.815. The van der Waals surface area contributed by atoms with Crippen LogP contribution in [0.4, 0.5) is 4.39 Å². The summed E-state index contributed by atoms with van der Waals surface area (Å²) in [5, 5.41) is 0. The molecular formula is C7H7FN2O3S. The molecule has 1 heterocycles. The summed E-state index contributed by atoms with van der Waals surface area (Å²) in [4.78, 5) is 26.1. The van der Waals surface area contributed by atoms with Gasteiger partial charge in [0.2, 0.25) is 5.82 Å². The normalized spacial score (nSPS) is 9.86. The minimum Gasteiger partial charge on any atom is -0.461 e. The number of nitrogens with one attached hydrogen (secondary N) is 2. The maximum Gasteiger partial charge on any atom is 0.358 e. The van der Waals surface area contributed by atoms with Gasteiger partial charge in [-0.1, -0.05) is 0 Å². The summed E-state index contributed by atoms with van der Waals surface area (Å²) in [6.45, 7) is 1.66. The molecule has 0 unspecified atom stereocenters. The van der Waals surface area contributed by atoms with Crippen LogP contribution in [-0.4, -0.2) is 22.5 Å². The molecule has 7 heteroatoms. The van der Waals surface area contributed by atoms with Gasteiger partial charge in [0.05, 0.1) is 6.61 Å². The largest absolute Gasteiger partial charge is 0.461 e. The predicted molar refractivity (Wildman–Crippen MR) is 48.2 cm³/mol. The quantitative estimate of drug-likeness (QED) is 0.567. The Balaban J connectivity index is 3.27. The van der Waals surface area contributed by atoms with Crippen molar-refractivity contribution in [1.82, 2.24) is 9.97 Å². The topological polar surface area (TPSA) is 75.0 Å². The van der Waals surface area contributed by atoms with Gasteiger partial charge < -0.3 is 9.72 Å². The van der Waals surface area contributed by atoms with Crippen molar-refractivity contribution in [3.8, 4) is 0 Å². The van der Waals surface area contributed by atoms with E-state index in [4.69, 9.17) is 0 Å². The van der Waals surface area contributed by atoms with E-state index >= 15 is 0 Å². The minimum atomic E-state index is -1.22. The molecule has 0 fully saturated rings. The van der Waals surface area contributed by atoms with Gasteiger partial charge in [-0.2, -0.15) is 4.39 Å². The van der Waals surface area contributed by atoms with E-state index in [1.54, 1.807) is 6.92 Å². The molecular weight excluding hydrogens is 211 g/mol. The zero-order valence-electron chi connectivity index (χ0n) is 7.22. The average molecular weight is 218 g/mol. The van der Waals surface area contributed by atoms with E-state index in [9.17, 15) is 14.0 Å². The summed E-state index contributed by atoms with van der Waals surface area (Å²) < 4.78 is 17.4. The van der Waals surface area contributed by atoms with E-state index < -0.39 is 23.0 Å². The van der Waals surface area contributed by atoms with Gasteiger partial charge in [-0.3, -0.25) is 9.78 Å². The lowest BCUT2D eigenvalue weighted by atomic mass is 10.4. The molecule has 0 bridgehead atoms. The van der Waals surface area contributed by atoms with E-state index in [2.05, 4.69) is 21.9 Å². The summed E-state index contributed by atoms with van der Waals surface area (Å²) in [5.74, 6) is -2.17. The predicted octanol–water partition coefficient (Wildman–Crippen LogP) is 0.748. The van der Waals surface area contributed by atoms with Crippen LogP contribution in [0.5, 0.6) is 0 Å². The Morgan fingerprint density at radius 1 is 1.57 bits per heavy atom. The Morgan fingerprint density at radius 2 is 2.21 bits per heavy atom. The third-order valence-electron chi connectivity index (χ3n) is 1.36. The van der Waals surface area contributed by atoms with Crippen LogP contribution in [0.2, 0.25) is 0 Å². The summed E-state index contributed by atoms with van der Waals surface area (Å²) in [5.41, 5.74) is -1.60. The van der Waals surface area contributed by atoms with Gasteiger partial charge in [0.15, 0.2) is 10.5 Å². The van der Waals surface area contributed by atoms with Crippen molar-refractivity contribution in [2.24, 2.45) is 0 Å². The van der Waals surface area contributed by atoms with Gasteiger partial charge in [0.25, 0.3) is 5.56 Å². The number of esters is 1. The summed E-state index contributed by atoms with van der Waals surface area (Å²) in [7, 11) is 0. The zero-order valence-corrected chi connectivity index (χ0v) is 8.03. The number of hydrogen-bond acceptors (Lipinski definition) is 4. The Labute approximate surface area is 82.9 Å². The van der Waals surface area contributed by atoms with Crippen LogP contribution in [0.3, 0.4) is 0 Å². The second-order valence-corrected chi connectivity index (χ2v) is 2.73. The molecule has 0 saturated heterocycles.